The Bertz CT molecular complexity index is 729. The summed E-state index contributed by atoms with van der Waals surface area (Å²) in [7, 11) is 3.21. The van der Waals surface area contributed by atoms with Gasteiger partial charge in [0.2, 0.25) is 0 Å². The standard InChI is InChI=1S/C21H28N2O3/c1-6-23(15-16-10-8-7-9-11-16)20(24)22-21(2,3)17-12-13-18(25-4)19(14-17)26-5/h7-14H,6,15H2,1-5H3,(H,22,24). The molecule has 140 valence electrons. The molecule has 0 aliphatic rings. The van der Waals surface area contributed by atoms with Crippen LogP contribution in [0.4, 0.5) is 4.79 Å². The summed E-state index contributed by atoms with van der Waals surface area (Å²) in [5.74, 6) is 1.31. The molecule has 0 aromatic heterocycles. The highest BCUT2D eigenvalue weighted by molar-refractivity contribution is 5.75. The van der Waals surface area contributed by atoms with Crippen molar-refractivity contribution in [3.8, 4) is 11.5 Å². The highest BCUT2D eigenvalue weighted by Crippen LogP contribution is 2.32. The predicted octanol–water partition coefficient (Wildman–Crippen LogP) is 4.17. The van der Waals surface area contributed by atoms with Gasteiger partial charge in [-0.05, 0) is 44.0 Å². The molecule has 26 heavy (non-hydrogen) atoms. The van der Waals surface area contributed by atoms with Crippen LogP contribution in [0.5, 0.6) is 11.5 Å². The van der Waals surface area contributed by atoms with Crippen LogP contribution in [0.2, 0.25) is 0 Å². The van der Waals surface area contributed by atoms with Gasteiger partial charge < -0.3 is 19.7 Å². The number of carbonyl (C=O) groups is 1. The molecule has 0 saturated carbocycles. The van der Waals surface area contributed by atoms with Crippen LogP contribution in [0.25, 0.3) is 0 Å². The van der Waals surface area contributed by atoms with Gasteiger partial charge in [0.25, 0.3) is 0 Å². The fourth-order valence-electron chi connectivity index (χ4n) is 2.77. The minimum atomic E-state index is -0.555. The molecule has 0 atom stereocenters. The largest absolute Gasteiger partial charge is 0.493 e. The molecule has 2 amide bonds. The molecule has 2 aromatic carbocycles. The topological polar surface area (TPSA) is 50.8 Å². The lowest BCUT2D eigenvalue weighted by atomic mass is 9.94. The Balaban J connectivity index is 2.15. The van der Waals surface area contributed by atoms with Gasteiger partial charge in [0, 0.05) is 13.1 Å². The number of ether oxygens (including phenoxy) is 2. The van der Waals surface area contributed by atoms with E-state index in [4.69, 9.17) is 9.47 Å². The maximum atomic E-state index is 12.8. The summed E-state index contributed by atoms with van der Waals surface area (Å²) in [6.45, 7) is 7.13. The average Bonchev–Trinajstić information content (AvgIpc) is 2.65. The van der Waals surface area contributed by atoms with Gasteiger partial charge >= 0.3 is 6.03 Å². The minimum Gasteiger partial charge on any atom is -0.493 e. The van der Waals surface area contributed by atoms with Gasteiger partial charge in [-0.2, -0.15) is 0 Å². The first kappa shape index (κ1) is 19.6. The number of carbonyl (C=O) groups excluding carboxylic acids is 1. The van der Waals surface area contributed by atoms with Crippen molar-refractivity contribution in [1.29, 1.82) is 0 Å². The molecule has 0 radical (unpaired) electrons. The lowest BCUT2D eigenvalue weighted by molar-refractivity contribution is 0.186. The molecular formula is C21H28N2O3. The number of hydrogen-bond donors (Lipinski definition) is 1. The van der Waals surface area contributed by atoms with E-state index < -0.39 is 5.54 Å². The monoisotopic (exact) mass is 356 g/mol. The molecule has 1 N–H and O–H groups in total. The highest BCUT2D eigenvalue weighted by Gasteiger charge is 2.26. The summed E-state index contributed by atoms with van der Waals surface area (Å²) >= 11 is 0. The molecule has 5 heteroatoms. The van der Waals surface area contributed by atoms with E-state index in [0.717, 1.165) is 11.1 Å². The summed E-state index contributed by atoms with van der Waals surface area (Å²) < 4.78 is 10.7. The number of urea groups is 1. The van der Waals surface area contributed by atoms with Crippen molar-refractivity contribution in [3.63, 3.8) is 0 Å². The number of methoxy groups -OCH3 is 2. The molecule has 0 spiro atoms. The van der Waals surface area contributed by atoms with Crippen LogP contribution in [-0.2, 0) is 12.1 Å². The van der Waals surface area contributed by atoms with E-state index in [-0.39, 0.29) is 6.03 Å². The van der Waals surface area contributed by atoms with Gasteiger partial charge in [-0.3, -0.25) is 0 Å². The Kier molecular flexibility index (Phi) is 6.50. The van der Waals surface area contributed by atoms with Crippen LogP contribution in [0.3, 0.4) is 0 Å². The lowest BCUT2D eigenvalue weighted by Crippen LogP contribution is -2.48. The van der Waals surface area contributed by atoms with E-state index >= 15 is 0 Å². The van der Waals surface area contributed by atoms with Gasteiger partial charge in [-0.15, -0.1) is 0 Å². The second-order valence-corrected chi connectivity index (χ2v) is 6.62. The van der Waals surface area contributed by atoms with Gasteiger partial charge in [0.15, 0.2) is 11.5 Å². The van der Waals surface area contributed by atoms with Gasteiger partial charge in [-0.1, -0.05) is 36.4 Å². The highest BCUT2D eigenvalue weighted by atomic mass is 16.5. The third-order valence-corrected chi connectivity index (χ3v) is 4.41. The molecule has 5 nitrogen and oxygen atoms in total. The summed E-state index contributed by atoms with van der Waals surface area (Å²) in [5, 5.41) is 3.12. The van der Waals surface area contributed by atoms with Crippen LogP contribution >= 0.6 is 0 Å². The number of nitrogens with zero attached hydrogens (tertiary/aromatic N) is 1. The Morgan fingerprint density at radius 2 is 1.69 bits per heavy atom. The van der Waals surface area contributed by atoms with Crippen molar-refractivity contribution >= 4 is 6.03 Å². The van der Waals surface area contributed by atoms with E-state index in [0.29, 0.717) is 24.6 Å². The molecular weight excluding hydrogens is 328 g/mol. The van der Waals surface area contributed by atoms with Crippen LogP contribution in [-0.4, -0.2) is 31.7 Å². The molecule has 0 aliphatic carbocycles. The van der Waals surface area contributed by atoms with E-state index in [1.54, 1.807) is 19.1 Å². The van der Waals surface area contributed by atoms with Crippen molar-refractivity contribution in [3.05, 3.63) is 59.7 Å². The normalized spacial score (nSPS) is 11.0. The predicted molar refractivity (Wildman–Crippen MR) is 104 cm³/mol. The molecule has 0 fully saturated rings. The number of rotatable bonds is 7. The lowest BCUT2D eigenvalue weighted by Gasteiger charge is -2.31. The first-order chi connectivity index (χ1) is 12.4. The summed E-state index contributed by atoms with van der Waals surface area (Å²) in [6, 6.07) is 15.6. The quantitative estimate of drug-likeness (QED) is 0.810. The van der Waals surface area contributed by atoms with Crippen LogP contribution < -0.4 is 14.8 Å². The smallest absolute Gasteiger partial charge is 0.318 e. The molecule has 0 aliphatic heterocycles. The fourth-order valence-corrected chi connectivity index (χ4v) is 2.77. The summed E-state index contributed by atoms with van der Waals surface area (Å²) in [6.07, 6.45) is 0. The maximum Gasteiger partial charge on any atom is 0.318 e. The molecule has 2 rings (SSSR count). The molecule has 0 saturated heterocycles. The first-order valence-electron chi connectivity index (χ1n) is 8.74. The Morgan fingerprint density at radius 1 is 1.04 bits per heavy atom. The average molecular weight is 356 g/mol. The van der Waals surface area contributed by atoms with E-state index in [2.05, 4.69) is 5.32 Å². The van der Waals surface area contributed by atoms with E-state index in [9.17, 15) is 4.79 Å². The molecule has 0 bridgehead atoms. The number of benzene rings is 2. The Labute approximate surface area is 155 Å². The van der Waals surface area contributed by atoms with Crippen molar-refractivity contribution < 1.29 is 14.3 Å². The third-order valence-electron chi connectivity index (χ3n) is 4.41. The van der Waals surface area contributed by atoms with Crippen LogP contribution in [0.1, 0.15) is 31.9 Å². The second kappa shape index (κ2) is 8.61. The van der Waals surface area contributed by atoms with Crippen molar-refractivity contribution in [1.82, 2.24) is 10.2 Å². The van der Waals surface area contributed by atoms with Crippen molar-refractivity contribution in [2.45, 2.75) is 32.9 Å². The number of hydrogen-bond acceptors (Lipinski definition) is 3. The minimum absolute atomic E-state index is 0.101. The SMILES string of the molecule is CCN(Cc1ccccc1)C(=O)NC(C)(C)c1ccc(OC)c(OC)c1. The van der Waals surface area contributed by atoms with Crippen molar-refractivity contribution in [2.75, 3.05) is 20.8 Å². The Hall–Kier alpha value is -2.69. The van der Waals surface area contributed by atoms with E-state index in [1.165, 1.54) is 0 Å². The first-order valence-corrected chi connectivity index (χ1v) is 8.74. The van der Waals surface area contributed by atoms with Crippen LogP contribution in [0, 0.1) is 0 Å². The molecule has 2 aromatic rings. The second-order valence-electron chi connectivity index (χ2n) is 6.62. The van der Waals surface area contributed by atoms with Gasteiger partial charge in [0.05, 0.1) is 19.8 Å². The van der Waals surface area contributed by atoms with E-state index in [1.807, 2.05) is 69.3 Å². The molecule has 0 heterocycles. The fraction of sp³-hybridized carbons (Fsp3) is 0.381. The van der Waals surface area contributed by atoms with Gasteiger partial charge in [-0.25, -0.2) is 4.79 Å². The summed E-state index contributed by atoms with van der Waals surface area (Å²) in [4.78, 5) is 14.6. The zero-order valence-corrected chi connectivity index (χ0v) is 16.2. The zero-order valence-electron chi connectivity index (χ0n) is 16.2. The zero-order chi connectivity index (χ0) is 19.2. The summed E-state index contributed by atoms with van der Waals surface area (Å²) in [5.41, 5.74) is 1.49. The molecule has 0 unspecified atom stereocenters. The van der Waals surface area contributed by atoms with Crippen molar-refractivity contribution in [2.24, 2.45) is 0 Å². The Morgan fingerprint density at radius 3 is 2.27 bits per heavy atom. The number of amides is 2. The third kappa shape index (κ3) is 4.69. The van der Waals surface area contributed by atoms with Crippen LogP contribution in [0.15, 0.2) is 48.5 Å². The van der Waals surface area contributed by atoms with Gasteiger partial charge in [0.1, 0.15) is 0 Å². The number of nitrogens with one attached hydrogen (secondary N) is 1. The maximum absolute atomic E-state index is 12.8.